The van der Waals surface area contributed by atoms with Gasteiger partial charge in [-0.1, -0.05) is 6.07 Å². The number of rotatable bonds is 1. The highest BCUT2D eigenvalue weighted by atomic mass is 16.1. The number of fused-ring (bicyclic) bond motifs is 1. The van der Waals surface area contributed by atoms with Gasteiger partial charge in [-0.15, -0.1) is 0 Å². The number of nitrogens with zero attached hydrogens (tertiary/aromatic N) is 1. The second kappa shape index (κ2) is 4.35. The maximum Gasteiger partial charge on any atom is 0.345 e. The largest absolute Gasteiger partial charge is 0.345 e. The van der Waals surface area contributed by atoms with Crippen LogP contribution in [-0.2, 0) is 11.2 Å². The van der Waals surface area contributed by atoms with Gasteiger partial charge in [-0.25, -0.2) is 4.79 Å². The van der Waals surface area contributed by atoms with Gasteiger partial charge in [-0.05, 0) is 37.1 Å². The molecule has 0 bridgehead atoms. The van der Waals surface area contributed by atoms with Crippen LogP contribution >= 0.6 is 0 Å². The van der Waals surface area contributed by atoms with Gasteiger partial charge in [-0.2, -0.15) is 4.98 Å². The number of aryl methyl sites for hydroxylation is 2. The van der Waals surface area contributed by atoms with Crippen LogP contribution in [0, 0.1) is 6.92 Å². The summed E-state index contributed by atoms with van der Waals surface area (Å²) in [4.78, 5) is 29.3. The third kappa shape index (κ3) is 2.27. The normalized spacial score (nSPS) is 13.8. The van der Waals surface area contributed by atoms with Crippen molar-refractivity contribution in [3.05, 3.63) is 46.0 Å². The summed E-state index contributed by atoms with van der Waals surface area (Å²) in [5.41, 5.74) is 3.91. The lowest BCUT2D eigenvalue weighted by molar-refractivity contribution is -0.116. The average molecular weight is 255 g/mol. The maximum atomic E-state index is 11.4. The number of hydrogen-bond acceptors (Lipinski definition) is 3. The Morgan fingerprint density at radius 1 is 1.16 bits per heavy atom. The van der Waals surface area contributed by atoms with Gasteiger partial charge in [0.2, 0.25) is 5.91 Å². The minimum absolute atomic E-state index is 0.0466. The summed E-state index contributed by atoms with van der Waals surface area (Å²) in [5.74, 6) is 0.0466. The first-order chi connectivity index (χ1) is 9.11. The van der Waals surface area contributed by atoms with Crippen LogP contribution in [0.5, 0.6) is 0 Å². The summed E-state index contributed by atoms with van der Waals surface area (Å²) < 4.78 is 0. The molecule has 1 aliphatic rings. The first-order valence-electron chi connectivity index (χ1n) is 6.13. The summed E-state index contributed by atoms with van der Waals surface area (Å²) in [6.07, 6.45) is 1.22. The van der Waals surface area contributed by atoms with Crippen LogP contribution in [0.1, 0.15) is 17.7 Å². The monoisotopic (exact) mass is 255 g/mol. The first-order valence-corrected chi connectivity index (χ1v) is 6.13. The lowest BCUT2D eigenvalue weighted by Crippen LogP contribution is -2.19. The maximum absolute atomic E-state index is 11.4. The van der Waals surface area contributed by atoms with Crippen molar-refractivity contribution in [1.29, 1.82) is 0 Å². The Morgan fingerprint density at radius 3 is 2.79 bits per heavy atom. The van der Waals surface area contributed by atoms with Crippen molar-refractivity contribution in [2.75, 3.05) is 5.32 Å². The number of amides is 1. The van der Waals surface area contributed by atoms with E-state index >= 15 is 0 Å². The molecule has 2 N–H and O–H groups in total. The van der Waals surface area contributed by atoms with Crippen LogP contribution in [0.25, 0.3) is 11.3 Å². The van der Waals surface area contributed by atoms with Crippen molar-refractivity contribution in [3.63, 3.8) is 0 Å². The summed E-state index contributed by atoms with van der Waals surface area (Å²) in [7, 11) is 0. The van der Waals surface area contributed by atoms with E-state index in [1.54, 1.807) is 0 Å². The summed E-state index contributed by atoms with van der Waals surface area (Å²) >= 11 is 0. The second-order valence-electron chi connectivity index (χ2n) is 4.67. The Bertz CT molecular complexity index is 719. The van der Waals surface area contributed by atoms with Crippen molar-refractivity contribution in [2.45, 2.75) is 19.8 Å². The standard InChI is InChI=1S/C14H13N3O2/c1-8-6-12(17-14(19)15-8)10-2-4-11-9(7-10)3-5-13(18)16-11/h2,4,6-7H,3,5H2,1H3,(H,16,18)(H,15,17,19). The second-order valence-corrected chi connectivity index (χ2v) is 4.67. The molecule has 0 fully saturated rings. The number of nitrogens with one attached hydrogen (secondary N) is 2. The van der Waals surface area contributed by atoms with E-state index < -0.39 is 0 Å². The van der Waals surface area contributed by atoms with E-state index in [0.717, 1.165) is 28.9 Å². The Morgan fingerprint density at radius 2 is 2.00 bits per heavy atom. The van der Waals surface area contributed by atoms with Gasteiger partial charge in [0.1, 0.15) is 0 Å². The first kappa shape index (κ1) is 11.6. The number of H-pyrrole nitrogens is 1. The zero-order chi connectivity index (χ0) is 13.4. The number of hydrogen-bond donors (Lipinski definition) is 2. The number of benzene rings is 1. The van der Waals surface area contributed by atoms with E-state index in [1.807, 2.05) is 31.2 Å². The molecule has 1 aliphatic heterocycles. The van der Waals surface area contributed by atoms with Gasteiger partial charge in [0, 0.05) is 23.4 Å². The molecule has 5 heteroatoms. The highest BCUT2D eigenvalue weighted by molar-refractivity contribution is 5.94. The molecule has 5 nitrogen and oxygen atoms in total. The van der Waals surface area contributed by atoms with E-state index in [2.05, 4.69) is 15.3 Å². The lowest BCUT2D eigenvalue weighted by atomic mass is 9.99. The van der Waals surface area contributed by atoms with E-state index in [-0.39, 0.29) is 11.6 Å². The van der Waals surface area contributed by atoms with E-state index in [9.17, 15) is 9.59 Å². The highest BCUT2D eigenvalue weighted by Crippen LogP contribution is 2.27. The fraction of sp³-hybridized carbons (Fsp3) is 0.214. The number of aromatic amines is 1. The predicted octanol–water partition coefficient (Wildman–Crippen LogP) is 1.63. The Kier molecular flexibility index (Phi) is 2.67. The molecule has 0 spiro atoms. The van der Waals surface area contributed by atoms with E-state index in [4.69, 9.17) is 0 Å². The molecular weight excluding hydrogens is 242 g/mol. The number of carbonyl (C=O) groups is 1. The topological polar surface area (TPSA) is 74.8 Å². The van der Waals surface area contributed by atoms with Crippen molar-refractivity contribution < 1.29 is 4.79 Å². The Labute approximate surface area is 109 Å². The quantitative estimate of drug-likeness (QED) is 0.813. The zero-order valence-corrected chi connectivity index (χ0v) is 10.5. The summed E-state index contributed by atoms with van der Waals surface area (Å²) in [5, 5.41) is 2.83. The van der Waals surface area contributed by atoms with Crippen LogP contribution in [0.4, 0.5) is 5.69 Å². The molecule has 0 saturated carbocycles. The zero-order valence-electron chi connectivity index (χ0n) is 10.5. The average Bonchev–Trinajstić information content (AvgIpc) is 2.37. The van der Waals surface area contributed by atoms with Crippen molar-refractivity contribution in [3.8, 4) is 11.3 Å². The van der Waals surface area contributed by atoms with Gasteiger partial charge in [0.05, 0.1) is 5.69 Å². The van der Waals surface area contributed by atoms with Crippen molar-refractivity contribution >= 4 is 11.6 Å². The molecule has 1 aromatic carbocycles. The lowest BCUT2D eigenvalue weighted by Gasteiger charge is -2.17. The summed E-state index contributed by atoms with van der Waals surface area (Å²) in [6.45, 7) is 1.82. The van der Waals surface area contributed by atoms with Gasteiger partial charge in [0.15, 0.2) is 0 Å². The van der Waals surface area contributed by atoms with Crippen molar-refractivity contribution in [2.24, 2.45) is 0 Å². The molecule has 3 rings (SSSR count). The minimum atomic E-state index is -0.346. The highest BCUT2D eigenvalue weighted by Gasteiger charge is 2.15. The van der Waals surface area contributed by atoms with Crippen LogP contribution in [0.15, 0.2) is 29.1 Å². The SMILES string of the molecule is Cc1cc(-c2ccc3c(c2)CCC(=O)N3)nc(=O)[nH]1. The minimum Gasteiger partial charge on any atom is -0.326 e. The summed E-state index contributed by atoms with van der Waals surface area (Å²) in [6, 6.07) is 7.55. The fourth-order valence-electron chi connectivity index (χ4n) is 2.27. The fourth-order valence-corrected chi connectivity index (χ4v) is 2.27. The molecule has 0 saturated heterocycles. The number of aromatic nitrogens is 2. The molecule has 19 heavy (non-hydrogen) atoms. The van der Waals surface area contributed by atoms with E-state index in [0.29, 0.717) is 12.1 Å². The molecule has 0 unspecified atom stereocenters. The molecule has 2 heterocycles. The molecule has 0 aliphatic carbocycles. The molecule has 2 aromatic rings. The molecule has 0 atom stereocenters. The smallest absolute Gasteiger partial charge is 0.326 e. The third-order valence-corrected chi connectivity index (χ3v) is 3.18. The van der Waals surface area contributed by atoms with Crippen LogP contribution in [0.3, 0.4) is 0 Å². The van der Waals surface area contributed by atoms with Gasteiger partial charge >= 0.3 is 5.69 Å². The third-order valence-electron chi connectivity index (χ3n) is 3.18. The van der Waals surface area contributed by atoms with Gasteiger partial charge in [0.25, 0.3) is 0 Å². The Hall–Kier alpha value is -2.43. The molecule has 96 valence electrons. The Balaban J connectivity index is 2.07. The van der Waals surface area contributed by atoms with Crippen LogP contribution in [-0.4, -0.2) is 15.9 Å². The van der Waals surface area contributed by atoms with Crippen molar-refractivity contribution in [1.82, 2.24) is 9.97 Å². The van der Waals surface area contributed by atoms with Crippen LogP contribution < -0.4 is 11.0 Å². The molecule has 1 amide bonds. The number of anilines is 1. The number of carbonyl (C=O) groups excluding carboxylic acids is 1. The predicted molar refractivity (Wildman–Crippen MR) is 72.0 cm³/mol. The molecule has 0 radical (unpaired) electrons. The molecular formula is C14H13N3O2. The van der Waals surface area contributed by atoms with E-state index in [1.165, 1.54) is 0 Å². The van der Waals surface area contributed by atoms with Gasteiger partial charge < -0.3 is 10.3 Å². The van der Waals surface area contributed by atoms with Gasteiger partial charge in [-0.3, -0.25) is 4.79 Å². The van der Waals surface area contributed by atoms with Crippen LogP contribution in [0.2, 0.25) is 0 Å². The molecule has 1 aromatic heterocycles.